The fraction of sp³-hybridized carbons (Fsp3) is 0.364. The molecule has 148 valence electrons. The molecule has 0 spiro atoms. The summed E-state index contributed by atoms with van der Waals surface area (Å²) in [6.07, 6.45) is 8.32. The molecule has 3 N–H and O–H groups in total. The normalized spacial score (nSPS) is 14.8. The fourth-order valence-electron chi connectivity index (χ4n) is 3.25. The van der Waals surface area contributed by atoms with Crippen LogP contribution in [0.3, 0.4) is 0 Å². The van der Waals surface area contributed by atoms with Gasteiger partial charge in [0.25, 0.3) is 0 Å². The third-order valence-electron chi connectivity index (χ3n) is 4.88. The topological polar surface area (TPSA) is 91.6 Å². The number of allylic oxidation sites excluding steroid dienone is 1. The average Bonchev–Trinajstić information content (AvgIpc) is 3.27. The molecule has 0 fully saturated rings. The van der Waals surface area contributed by atoms with Crippen molar-refractivity contribution in [3.05, 3.63) is 59.9 Å². The van der Waals surface area contributed by atoms with Crippen molar-refractivity contribution in [2.24, 2.45) is 0 Å². The zero-order chi connectivity index (χ0) is 19.8. The molecular formula is C22H26N2O4. The van der Waals surface area contributed by atoms with E-state index in [4.69, 9.17) is 4.42 Å². The van der Waals surface area contributed by atoms with Gasteiger partial charge in [-0.1, -0.05) is 35.9 Å². The van der Waals surface area contributed by atoms with Crippen LogP contribution in [0.4, 0.5) is 0 Å². The minimum absolute atomic E-state index is 0.0303. The zero-order valence-electron chi connectivity index (χ0n) is 15.8. The van der Waals surface area contributed by atoms with Gasteiger partial charge in [0.2, 0.25) is 0 Å². The van der Waals surface area contributed by atoms with Crippen molar-refractivity contribution in [3.8, 4) is 11.3 Å². The smallest absolute Gasteiger partial charge is 0.309 e. The standard InChI is InChI=1S/C22H26N2O4/c25-19(17-8-10-18(11-9-17)20-7-4-14-28-20)15-24-22(27)21(26)23-13-12-16-5-2-1-3-6-16/h4-5,7-11,14,19,25H,1-3,6,12-13,15H2,(H,23,26)(H,24,27)/t19-/m1/s1. The highest BCUT2D eigenvalue weighted by Crippen LogP contribution is 2.22. The van der Waals surface area contributed by atoms with E-state index in [2.05, 4.69) is 16.7 Å². The molecule has 0 saturated carbocycles. The van der Waals surface area contributed by atoms with Crippen molar-refractivity contribution in [2.45, 2.75) is 38.2 Å². The number of hydrogen-bond acceptors (Lipinski definition) is 4. The van der Waals surface area contributed by atoms with Crippen molar-refractivity contribution in [1.29, 1.82) is 0 Å². The van der Waals surface area contributed by atoms with Gasteiger partial charge in [-0.3, -0.25) is 9.59 Å². The summed E-state index contributed by atoms with van der Waals surface area (Å²) in [5, 5.41) is 15.4. The third-order valence-corrected chi connectivity index (χ3v) is 4.88. The summed E-state index contributed by atoms with van der Waals surface area (Å²) >= 11 is 0. The molecule has 1 aliphatic carbocycles. The minimum atomic E-state index is -0.894. The molecular weight excluding hydrogens is 356 g/mol. The first kappa shape index (κ1) is 19.9. The Bertz CT molecular complexity index is 810. The largest absolute Gasteiger partial charge is 0.464 e. The lowest BCUT2D eigenvalue weighted by Gasteiger charge is -2.14. The summed E-state index contributed by atoms with van der Waals surface area (Å²) in [7, 11) is 0. The summed E-state index contributed by atoms with van der Waals surface area (Å²) in [6, 6.07) is 10.9. The summed E-state index contributed by atoms with van der Waals surface area (Å²) in [5.74, 6) is -0.657. The molecule has 1 aliphatic rings. The molecule has 1 atom stereocenters. The number of aliphatic hydroxyl groups is 1. The second-order valence-corrected chi connectivity index (χ2v) is 6.94. The van der Waals surface area contributed by atoms with Gasteiger partial charge in [-0.15, -0.1) is 0 Å². The third kappa shape index (κ3) is 5.57. The minimum Gasteiger partial charge on any atom is -0.464 e. The molecule has 2 aromatic rings. The summed E-state index contributed by atoms with van der Waals surface area (Å²) in [5.41, 5.74) is 2.90. The van der Waals surface area contributed by atoms with Crippen LogP contribution in [0.15, 0.2) is 58.7 Å². The first-order valence-corrected chi connectivity index (χ1v) is 9.69. The van der Waals surface area contributed by atoms with Crippen LogP contribution >= 0.6 is 0 Å². The maximum absolute atomic E-state index is 11.9. The number of carbonyl (C=O) groups is 2. The molecule has 1 heterocycles. The van der Waals surface area contributed by atoms with E-state index in [9.17, 15) is 14.7 Å². The summed E-state index contributed by atoms with van der Waals surface area (Å²) < 4.78 is 5.33. The Balaban J connectivity index is 1.40. The molecule has 1 aromatic carbocycles. The van der Waals surface area contributed by atoms with Gasteiger partial charge in [-0.05, 0) is 49.8 Å². The van der Waals surface area contributed by atoms with Crippen LogP contribution in [0.5, 0.6) is 0 Å². The zero-order valence-corrected chi connectivity index (χ0v) is 15.8. The highest BCUT2D eigenvalue weighted by molar-refractivity contribution is 6.35. The first-order chi connectivity index (χ1) is 13.6. The van der Waals surface area contributed by atoms with Crippen LogP contribution in [-0.2, 0) is 9.59 Å². The Hall–Kier alpha value is -2.86. The molecule has 0 bridgehead atoms. The summed E-state index contributed by atoms with van der Waals surface area (Å²) in [4.78, 5) is 23.8. The molecule has 0 aliphatic heterocycles. The van der Waals surface area contributed by atoms with E-state index in [0.29, 0.717) is 12.1 Å². The van der Waals surface area contributed by atoms with E-state index in [1.807, 2.05) is 24.3 Å². The predicted molar refractivity (Wildman–Crippen MR) is 106 cm³/mol. The first-order valence-electron chi connectivity index (χ1n) is 9.69. The van der Waals surface area contributed by atoms with Crippen molar-refractivity contribution in [2.75, 3.05) is 13.1 Å². The lowest BCUT2D eigenvalue weighted by molar-refractivity contribution is -0.139. The van der Waals surface area contributed by atoms with E-state index in [-0.39, 0.29) is 6.54 Å². The number of nitrogens with one attached hydrogen (secondary N) is 2. The van der Waals surface area contributed by atoms with Gasteiger partial charge in [0, 0.05) is 18.7 Å². The van der Waals surface area contributed by atoms with Gasteiger partial charge in [0.15, 0.2) is 0 Å². The fourth-order valence-corrected chi connectivity index (χ4v) is 3.25. The number of rotatable bonds is 7. The molecule has 0 saturated heterocycles. The van der Waals surface area contributed by atoms with Gasteiger partial charge in [-0.25, -0.2) is 0 Å². The second-order valence-electron chi connectivity index (χ2n) is 6.94. The number of hydrogen-bond donors (Lipinski definition) is 3. The highest BCUT2D eigenvalue weighted by Gasteiger charge is 2.16. The maximum atomic E-state index is 11.9. The van der Waals surface area contributed by atoms with Crippen molar-refractivity contribution < 1.29 is 19.1 Å². The van der Waals surface area contributed by atoms with Crippen molar-refractivity contribution in [1.82, 2.24) is 10.6 Å². The predicted octanol–water partition coefficient (Wildman–Crippen LogP) is 3.10. The number of furan rings is 1. The van der Waals surface area contributed by atoms with E-state index < -0.39 is 17.9 Å². The number of aliphatic hydroxyl groups excluding tert-OH is 1. The van der Waals surface area contributed by atoms with E-state index >= 15 is 0 Å². The quantitative estimate of drug-likeness (QED) is 0.507. The van der Waals surface area contributed by atoms with E-state index in [0.717, 1.165) is 30.6 Å². The Morgan fingerprint density at radius 1 is 1.07 bits per heavy atom. The van der Waals surface area contributed by atoms with Crippen LogP contribution in [0.1, 0.15) is 43.8 Å². The van der Waals surface area contributed by atoms with Crippen molar-refractivity contribution >= 4 is 11.8 Å². The van der Waals surface area contributed by atoms with Gasteiger partial charge in [0.05, 0.1) is 12.4 Å². The molecule has 0 radical (unpaired) electrons. The Kier molecular flexibility index (Phi) is 7.03. The van der Waals surface area contributed by atoms with Crippen LogP contribution in [0, 0.1) is 0 Å². The van der Waals surface area contributed by atoms with E-state index in [1.165, 1.54) is 18.4 Å². The average molecular weight is 382 g/mol. The maximum Gasteiger partial charge on any atom is 0.309 e. The SMILES string of the molecule is O=C(NCCC1=CCCCC1)C(=O)NC[C@@H](O)c1ccc(-c2ccco2)cc1. The molecule has 3 rings (SSSR count). The molecule has 6 heteroatoms. The van der Waals surface area contributed by atoms with Crippen LogP contribution in [-0.4, -0.2) is 30.0 Å². The monoisotopic (exact) mass is 382 g/mol. The lowest BCUT2D eigenvalue weighted by Crippen LogP contribution is -2.41. The van der Waals surface area contributed by atoms with Gasteiger partial charge >= 0.3 is 11.8 Å². The molecule has 28 heavy (non-hydrogen) atoms. The number of carbonyl (C=O) groups excluding carboxylic acids is 2. The lowest BCUT2D eigenvalue weighted by atomic mass is 9.97. The number of benzene rings is 1. The molecule has 1 aromatic heterocycles. The summed E-state index contributed by atoms with van der Waals surface area (Å²) in [6.45, 7) is 0.423. The Labute approximate surface area is 164 Å². The van der Waals surface area contributed by atoms with Crippen molar-refractivity contribution in [3.63, 3.8) is 0 Å². The van der Waals surface area contributed by atoms with E-state index in [1.54, 1.807) is 18.4 Å². The van der Waals surface area contributed by atoms with Crippen LogP contribution in [0.2, 0.25) is 0 Å². The number of amides is 2. The molecule has 6 nitrogen and oxygen atoms in total. The Morgan fingerprint density at radius 3 is 2.54 bits per heavy atom. The highest BCUT2D eigenvalue weighted by atomic mass is 16.3. The van der Waals surface area contributed by atoms with Crippen LogP contribution in [0.25, 0.3) is 11.3 Å². The molecule has 2 amide bonds. The molecule has 0 unspecified atom stereocenters. The second kappa shape index (κ2) is 9.90. The van der Waals surface area contributed by atoms with Gasteiger partial charge in [0.1, 0.15) is 5.76 Å². The van der Waals surface area contributed by atoms with Gasteiger partial charge in [-0.2, -0.15) is 0 Å². The Morgan fingerprint density at radius 2 is 1.86 bits per heavy atom. The van der Waals surface area contributed by atoms with Gasteiger partial charge < -0.3 is 20.2 Å². The van der Waals surface area contributed by atoms with Crippen LogP contribution < -0.4 is 10.6 Å².